The van der Waals surface area contributed by atoms with Crippen LogP contribution in [0.5, 0.6) is 5.75 Å². The van der Waals surface area contributed by atoms with Crippen molar-refractivity contribution in [3.05, 3.63) is 29.8 Å². The molecule has 8 heteroatoms. The van der Waals surface area contributed by atoms with E-state index in [0.717, 1.165) is 12.2 Å². The average molecular weight is 515 g/mol. The fourth-order valence-electron chi connectivity index (χ4n) is 3.91. The molecule has 0 saturated heterocycles. The zero-order valence-corrected chi connectivity index (χ0v) is 23.2. The quantitative estimate of drug-likeness (QED) is 0.220. The summed E-state index contributed by atoms with van der Waals surface area (Å²) in [5.41, 5.74) is 1.75. The van der Waals surface area contributed by atoms with Crippen LogP contribution in [0.2, 0.25) is 0 Å². The van der Waals surface area contributed by atoms with Gasteiger partial charge in [-0.2, -0.15) is 0 Å². The lowest BCUT2D eigenvalue weighted by Gasteiger charge is -2.33. The maximum Gasteiger partial charge on any atom is 0.119 e. The van der Waals surface area contributed by atoms with E-state index in [4.69, 9.17) is 38.3 Å². The molecule has 210 valence electrons. The number of rotatable bonds is 23. The van der Waals surface area contributed by atoms with Crippen LogP contribution in [0.4, 0.5) is 0 Å². The zero-order chi connectivity index (χ0) is 26.5. The molecule has 36 heavy (non-hydrogen) atoms. The Morgan fingerprint density at radius 2 is 0.889 bits per heavy atom. The second-order valence-electron chi connectivity index (χ2n) is 10.4. The van der Waals surface area contributed by atoms with Crippen LogP contribution >= 0.6 is 0 Å². The molecule has 0 atom stereocenters. The second kappa shape index (κ2) is 19.8. The number of benzene rings is 1. The Kier molecular flexibility index (Phi) is 18.0. The highest BCUT2D eigenvalue weighted by Gasteiger charge is 2.27. The first-order chi connectivity index (χ1) is 17.2. The normalized spacial score (nSPS) is 12.3. The molecule has 1 rings (SSSR count). The van der Waals surface area contributed by atoms with Crippen LogP contribution in [0.1, 0.15) is 46.6 Å². The van der Waals surface area contributed by atoms with E-state index in [0.29, 0.717) is 85.9 Å². The summed E-state index contributed by atoms with van der Waals surface area (Å²) in [4.78, 5) is 0. The molecule has 1 aromatic rings. The van der Waals surface area contributed by atoms with Gasteiger partial charge in [0, 0.05) is 0 Å². The first-order valence-electron chi connectivity index (χ1n) is 13.1. The van der Waals surface area contributed by atoms with Gasteiger partial charge in [0.25, 0.3) is 0 Å². The summed E-state index contributed by atoms with van der Waals surface area (Å²) in [5.74, 6) is 0.864. The molecule has 0 aliphatic carbocycles. The molecular weight excluding hydrogens is 464 g/mol. The van der Waals surface area contributed by atoms with Gasteiger partial charge >= 0.3 is 0 Å². The fourth-order valence-corrected chi connectivity index (χ4v) is 3.91. The van der Waals surface area contributed by atoms with Gasteiger partial charge in [-0.1, -0.05) is 46.8 Å². The van der Waals surface area contributed by atoms with Crippen LogP contribution in [-0.4, -0.2) is 97.6 Å². The van der Waals surface area contributed by atoms with Crippen molar-refractivity contribution < 1.29 is 38.3 Å². The highest BCUT2D eigenvalue weighted by Crippen LogP contribution is 2.36. The summed E-state index contributed by atoms with van der Waals surface area (Å²) < 4.78 is 38.1. The van der Waals surface area contributed by atoms with Gasteiger partial charge in [0.2, 0.25) is 0 Å². The van der Waals surface area contributed by atoms with Crippen molar-refractivity contribution in [3.8, 4) is 5.75 Å². The van der Waals surface area contributed by atoms with Crippen LogP contribution in [0.15, 0.2) is 24.3 Å². The predicted octanol–water partition coefficient (Wildman–Crippen LogP) is 3.87. The van der Waals surface area contributed by atoms with Crippen LogP contribution in [0.25, 0.3) is 0 Å². The lowest BCUT2D eigenvalue weighted by atomic mass is 9.72. The molecule has 0 aliphatic heterocycles. The fraction of sp³-hybridized carbons (Fsp3) is 0.786. The van der Waals surface area contributed by atoms with Crippen LogP contribution < -0.4 is 4.74 Å². The van der Waals surface area contributed by atoms with E-state index in [1.807, 2.05) is 12.1 Å². The maximum absolute atomic E-state index is 8.57. The standard InChI is InChI=1S/C28H50O8/c1-27(2,3)24-28(4,5)25-6-8-26(9-7-25)36-23-22-35-21-20-34-19-18-33-17-16-32-15-14-31-13-12-30-11-10-29/h6-9,29H,10-24H2,1-5H3. The molecule has 0 unspecified atom stereocenters. The Bertz CT molecular complexity index is 627. The van der Waals surface area contributed by atoms with E-state index in [-0.39, 0.29) is 17.4 Å². The van der Waals surface area contributed by atoms with Crippen molar-refractivity contribution in [2.75, 3.05) is 92.5 Å². The molecule has 0 radical (unpaired) electrons. The molecule has 1 aromatic carbocycles. The third-order valence-corrected chi connectivity index (χ3v) is 5.20. The minimum atomic E-state index is 0.0323. The highest BCUT2D eigenvalue weighted by atomic mass is 16.6. The van der Waals surface area contributed by atoms with Crippen LogP contribution in [0.3, 0.4) is 0 Å². The number of aliphatic hydroxyl groups is 1. The van der Waals surface area contributed by atoms with Crippen LogP contribution in [-0.2, 0) is 33.8 Å². The van der Waals surface area contributed by atoms with E-state index in [1.165, 1.54) is 5.56 Å². The van der Waals surface area contributed by atoms with Crippen LogP contribution in [0, 0.1) is 5.41 Å². The third-order valence-electron chi connectivity index (χ3n) is 5.20. The molecule has 8 nitrogen and oxygen atoms in total. The lowest BCUT2D eigenvalue weighted by Crippen LogP contribution is -2.24. The van der Waals surface area contributed by atoms with Crippen molar-refractivity contribution in [1.29, 1.82) is 0 Å². The molecule has 0 heterocycles. The summed E-state index contributed by atoms with van der Waals surface area (Å²) in [7, 11) is 0. The minimum absolute atomic E-state index is 0.0323. The summed E-state index contributed by atoms with van der Waals surface area (Å²) in [5, 5.41) is 8.57. The lowest BCUT2D eigenvalue weighted by molar-refractivity contribution is -0.0191. The summed E-state index contributed by atoms with van der Waals surface area (Å²) in [6, 6.07) is 8.41. The molecule has 0 bridgehead atoms. The van der Waals surface area contributed by atoms with E-state index >= 15 is 0 Å². The van der Waals surface area contributed by atoms with E-state index in [2.05, 4.69) is 46.8 Å². The van der Waals surface area contributed by atoms with Gasteiger partial charge in [0.15, 0.2) is 0 Å². The molecule has 0 aliphatic rings. The Labute approximate surface area is 218 Å². The second-order valence-corrected chi connectivity index (χ2v) is 10.4. The van der Waals surface area contributed by atoms with Gasteiger partial charge in [-0.15, -0.1) is 0 Å². The van der Waals surface area contributed by atoms with Gasteiger partial charge < -0.3 is 38.3 Å². The Morgan fingerprint density at radius 3 is 1.25 bits per heavy atom. The van der Waals surface area contributed by atoms with Gasteiger partial charge in [-0.25, -0.2) is 0 Å². The van der Waals surface area contributed by atoms with E-state index in [1.54, 1.807) is 0 Å². The van der Waals surface area contributed by atoms with Gasteiger partial charge in [0.05, 0.1) is 85.9 Å². The topological polar surface area (TPSA) is 84.8 Å². The van der Waals surface area contributed by atoms with E-state index in [9.17, 15) is 0 Å². The van der Waals surface area contributed by atoms with Gasteiger partial charge in [-0.3, -0.25) is 0 Å². The molecule has 0 spiro atoms. The first kappa shape index (κ1) is 32.8. The minimum Gasteiger partial charge on any atom is -0.491 e. The van der Waals surface area contributed by atoms with Crippen molar-refractivity contribution in [2.45, 2.75) is 46.5 Å². The number of hydrogen-bond acceptors (Lipinski definition) is 8. The van der Waals surface area contributed by atoms with Crippen molar-refractivity contribution in [1.82, 2.24) is 0 Å². The number of ether oxygens (including phenoxy) is 7. The van der Waals surface area contributed by atoms with Crippen molar-refractivity contribution in [3.63, 3.8) is 0 Å². The largest absolute Gasteiger partial charge is 0.491 e. The Morgan fingerprint density at radius 1 is 0.528 bits per heavy atom. The summed E-state index contributed by atoms with van der Waals surface area (Å²) >= 11 is 0. The molecular formula is C28H50O8. The monoisotopic (exact) mass is 514 g/mol. The molecule has 1 N–H and O–H groups in total. The number of aliphatic hydroxyl groups excluding tert-OH is 1. The third kappa shape index (κ3) is 18.1. The zero-order valence-electron chi connectivity index (χ0n) is 23.2. The summed E-state index contributed by atoms with van der Waals surface area (Å²) in [6.45, 7) is 18.0. The van der Waals surface area contributed by atoms with E-state index < -0.39 is 0 Å². The Hall–Kier alpha value is -1.26. The first-order valence-corrected chi connectivity index (χ1v) is 13.1. The smallest absolute Gasteiger partial charge is 0.119 e. The Balaban J connectivity index is 1.89. The SMILES string of the molecule is CC(C)(C)CC(C)(C)c1ccc(OCCOCCOCCOCCOCCOCCOCCO)cc1. The molecule has 0 amide bonds. The van der Waals surface area contributed by atoms with Crippen molar-refractivity contribution in [2.24, 2.45) is 5.41 Å². The highest BCUT2D eigenvalue weighted by molar-refractivity contribution is 5.31. The summed E-state index contributed by atoms with van der Waals surface area (Å²) in [6.07, 6.45) is 1.12. The maximum atomic E-state index is 8.57. The van der Waals surface area contributed by atoms with Gasteiger partial charge in [0.1, 0.15) is 12.4 Å². The van der Waals surface area contributed by atoms with Gasteiger partial charge in [-0.05, 0) is 34.9 Å². The average Bonchev–Trinajstić information content (AvgIpc) is 2.81. The number of hydrogen-bond donors (Lipinski definition) is 1. The molecule has 0 saturated carbocycles. The predicted molar refractivity (Wildman–Crippen MR) is 141 cm³/mol. The molecule has 0 fully saturated rings. The van der Waals surface area contributed by atoms with Crippen molar-refractivity contribution >= 4 is 0 Å². The molecule has 0 aromatic heterocycles.